The summed E-state index contributed by atoms with van der Waals surface area (Å²) in [5.74, 6) is 1.36. The summed E-state index contributed by atoms with van der Waals surface area (Å²) in [6.07, 6.45) is 1.06. The molecule has 2 aromatic rings. The Morgan fingerprint density at radius 1 is 1.36 bits per heavy atom. The van der Waals surface area contributed by atoms with Gasteiger partial charge in [0.15, 0.2) is 5.11 Å². The molecule has 1 aliphatic rings. The fourth-order valence-electron chi connectivity index (χ4n) is 2.81. The maximum absolute atomic E-state index is 13.7. The lowest BCUT2D eigenvalue weighted by atomic mass is 10.1. The summed E-state index contributed by atoms with van der Waals surface area (Å²) in [5, 5.41) is 6.31. The quantitative estimate of drug-likeness (QED) is 0.788. The van der Waals surface area contributed by atoms with Gasteiger partial charge in [-0.25, -0.2) is 4.39 Å². The number of hydrogen-bond acceptors (Lipinski definition) is 3. The smallest absolute Gasteiger partial charge is 0.171 e. The summed E-state index contributed by atoms with van der Waals surface area (Å²) in [6, 6.07) is 10.4. The van der Waals surface area contributed by atoms with Crippen molar-refractivity contribution in [1.82, 2.24) is 5.32 Å². The molecule has 1 heterocycles. The fourth-order valence-corrected chi connectivity index (χ4v) is 3.00. The molecule has 3 rings (SSSR count). The highest BCUT2D eigenvalue weighted by Gasteiger charge is 2.21. The molecule has 0 saturated carbocycles. The van der Waals surface area contributed by atoms with Gasteiger partial charge in [0.05, 0.1) is 12.3 Å². The van der Waals surface area contributed by atoms with Crippen molar-refractivity contribution < 1.29 is 13.9 Å². The molecule has 1 atom stereocenters. The third-order valence-corrected chi connectivity index (χ3v) is 4.19. The molecule has 1 aliphatic heterocycles. The van der Waals surface area contributed by atoms with Crippen LogP contribution in [-0.2, 0) is 13.0 Å². The molecular weight excluding hydrogens is 339 g/mol. The molecule has 2 aromatic carbocycles. The number of fused-ring (bicyclic) bond motifs is 1. The van der Waals surface area contributed by atoms with Gasteiger partial charge >= 0.3 is 0 Å². The van der Waals surface area contributed by atoms with Crippen LogP contribution in [0, 0.1) is 5.82 Å². The van der Waals surface area contributed by atoms with Crippen molar-refractivity contribution in [3.8, 4) is 11.5 Å². The maximum Gasteiger partial charge on any atom is 0.171 e. The van der Waals surface area contributed by atoms with Crippen molar-refractivity contribution in [2.45, 2.75) is 32.9 Å². The van der Waals surface area contributed by atoms with Crippen molar-refractivity contribution >= 4 is 23.0 Å². The second-order valence-corrected chi connectivity index (χ2v) is 6.33. The zero-order valence-corrected chi connectivity index (χ0v) is 15.1. The predicted octanol–water partition coefficient (Wildman–Crippen LogP) is 4.03. The highest BCUT2D eigenvalue weighted by Crippen LogP contribution is 2.35. The van der Waals surface area contributed by atoms with Crippen LogP contribution in [0.15, 0.2) is 36.4 Å². The van der Waals surface area contributed by atoms with Crippen LogP contribution in [-0.4, -0.2) is 17.8 Å². The lowest BCUT2D eigenvalue weighted by molar-refractivity contribution is 0.254. The minimum absolute atomic E-state index is 0.177. The number of hydrogen-bond donors (Lipinski definition) is 2. The Bertz CT molecular complexity index is 782. The van der Waals surface area contributed by atoms with Gasteiger partial charge < -0.3 is 20.1 Å². The van der Waals surface area contributed by atoms with E-state index in [-0.39, 0.29) is 11.9 Å². The average Bonchev–Trinajstić information content (AvgIpc) is 2.94. The third-order valence-electron chi connectivity index (χ3n) is 3.94. The number of thiocarbonyl (C=S) groups is 1. The first kappa shape index (κ1) is 17.5. The molecule has 4 nitrogen and oxygen atoms in total. The van der Waals surface area contributed by atoms with Gasteiger partial charge in [-0.15, -0.1) is 0 Å². The number of rotatable bonds is 5. The lowest BCUT2D eigenvalue weighted by Gasteiger charge is -2.15. The molecule has 0 spiro atoms. The zero-order valence-electron chi connectivity index (χ0n) is 14.3. The first-order chi connectivity index (χ1) is 12.1. The van der Waals surface area contributed by atoms with E-state index in [9.17, 15) is 4.39 Å². The van der Waals surface area contributed by atoms with Crippen LogP contribution in [0.3, 0.4) is 0 Å². The normalized spacial score (nSPS) is 15.2. The van der Waals surface area contributed by atoms with Crippen molar-refractivity contribution in [3.05, 3.63) is 53.3 Å². The second kappa shape index (κ2) is 7.70. The largest absolute Gasteiger partial charge is 0.494 e. The van der Waals surface area contributed by atoms with Crippen LogP contribution in [0.5, 0.6) is 11.5 Å². The van der Waals surface area contributed by atoms with E-state index >= 15 is 0 Å². The Kier molecular flexibility index (Phi) is 5.38. The molecule has 6 heteroatoms. The van der Waals surface area contributed by atoms with Crippen molar-refractivity contribution in [1.29, 1.82) is 0 Å². The monoisotopic (exact) mass is 360 g/mol. The van der Waals surface area contributed by atoms with E-state index in [0.29, 0.717) is 24.0 Å². The van der Waals surface area contributed by atoms with E-state index in [1.165, 1.54) is 6.07 Å². The number of nitrogens with one attached hydrogen (secondary N) is 2. The standard InChI is InChI=1S/C19H21FN2O2S/c1-3-23-17-9-13-8-12(2)24-18(13)10-14(17)11-21-19(25)22-16-7-5-4-6-15(16)20/h4-7,9-10,12H,3,8,11H2,1-2H3,(H2,21,22,25)/t12-/m1/s1. The minimum atomic E-state index is -0.346. The predicted molar refractivity (Wildman–Crippen MR) is 101 cm³/mol. The van der Waals surface area contributed by atoms with Gasteiger partial charge in [-0.1, -0.05) is 12.1 Å². The topological polar surface area (TPSA) is 42.5 Å². The van der Waals surface area contributed by atoms with Crippen molar-refractivity contribution in [3.63, 3.8) is 0 Å². The summed E-state index contributed by atoms with van der Waals surface area (Å²) < 4.78 is 25.2. The average molecular weight is 360 g/mol. The highest BCUT2D eigenvalue weighted by atomic mass is 32.1. The van der Waals surface area contributed by atoms with E-state index in [4.69, 9.17) is 21.7 Å². The number of benzene rings is 2. The maximum atomic E-state index is 13.7. The van der Waals surface area contributed by atoms with Gasteiger partial charge in [0.25, 0.3) is 0 Å². The van der Waals surface area contributed by atoms with Crippen LogP contribution in [0.4, 0.5) is 10.1 Å². The molecular formula is C19H21FN2O2S. The summed E-state index contributed by atoms with van der Waals surface area (Å²) in [5.41, 5.74) is 2.45. The Balaban J connectivity index is 1.69. The van der Waals surface area contributed by atoms with Gasteiger partial charge in [-0.05, 0) is 50.3 Å². The van der Waals surface area contributed by atoms with Gasteiger partial charge in [-0.3, -0.25) is 0 Å². The van der Waals surface area contributed by atoms with Gasteiger partial charge in [-0.2, -0.15) is 0 Å². The molecule has 0 unspecified atom stereocenters. The molecule has 0 fully saturated rings. The van der Waals surface area contributed by atoms with E-state index < -0.39 is 0 Å². The van der Waals surface area contributed by atoms with Gasteiger partial charge in [0, 0.05) is 24.1 Å². The Labute approximate surface area is 152 Å². The van der Waals surface area contributed by atoms with Gasteiger partial charge in [0.1, 0.15) is 23.4 Å². The number of anilines is 1. The fraction of sp³-hybridized carbons (Fsp3) is 0.316. The lowest BCUT2D eigenvalue weighted by Crippen LogP contribution is -2.28. The van der Waals surface area contributed by atoms with E-state index in [1.54, 1.807) is 18.2 Å². The summed E-state index contributed by atoms with van der Waals surface area (Å²) in [4.78, 5) is 0. The first-order valence-corrected chi connectivity index (χ1v) is 8.72. The number of halogens is 1. The SMILES string of the molecule is CCOc1cc2c(cc1CNC(=S)Nc1ccccc1F)O[C@H](C)C2. The van der Waals surface area contributed by atoms with Crippen LogP contribution in [0.1, 0.15) is 25.0 Å². The molecule has 25 heavy (non-hydrogen) atoms. The third kappa shape index (κ3) is 4.20. The van der Waals surface area contributed by atoms with E-state index in [2.05, 4.69) is 10.6 Å². The summed E-state index contributed by atoms with van der Waals surface area (Å²) in [6.45, 7) is 5.04. The Morgan fingerprint density at radius 3 is 2.92 bits per heavy atom. The molecule has 0 saturated heterocycles. The molecule has 0 aliphatic carbocycles. The highest BCUT2D eigenvalue weighted by molar-refractivity contribution is 7.80. The molecule has 0 amide bonds. The van der Waals surface area contributed by atoms with Crippen LogP contribution in [0.2, 0.25) is 0 Å². The molecule has 0 radical (unpaired) electrons. The number of para-hydroxylation sites is 1. The second-order valence-electron chi connectivity index (χ2n) is 5.92. The van der Waals surface area contributed by atoms with Crippen LogP contribution in [0.25, 0.3) is 0 Å². The molecule has 2 N–H and O–H groups in total. The summed E-state index contributed by atoms with van der Waals surface area (Å²) >= 11 is 5.26. The Morgan fingerprint density at radius 2 is 2.16 bits per heavy atom. The summed E-state index contributed by atoms with van der Waals surface area (Å²) in [7, 11) is 0. The molecule has 132 valence electrons. The number of ether oxygens (including phenoxy) is 2. The van der Waals surface area contributed by atoms with E-state index in [0.717, 1.165) is 29.0 Å². The van der Waals surface area contributed by atoms with E-state index in [1.807, 2.05) is 26.0 Å². The van der Waals surface area contributed by atoms with Crippen molar-refractivity contribution in [2.75, 3.05) is 11.9 Å². The van der Waals surface area contributed by atoms with Crippen molar-refractivity contribution in [2.24, 2.45) is 0 Å². The zero-order chi connectivity index (χ0) is 17.8. The van der Waals surface area contributed by atoms with Crippen LogP contribution < -0.4 is 20.1 Å². The molecule has 0 bridgehead atoms. The van der Waals surface area contributed by atoms with Gasteiger partial charge in [0.2, 0.25) is 0 Å². The first-order valence-electron chi connectivity index (χ1n) is 8.31. The minimum Gasteiger partial charge on any atom is -0.494 e. The van der Waals surface area contributed by atoms with Crippen LogP contribution >= 0.6 is 12.2 Å². The molecule has 0 aromatic heterocycles. The Hall–Kier alpha value is -2.34.